The summed E-state index contributed by atoms with van der Waals surface area (Å²) in [4.78, 5) is 17.9. The molecule has 0 saturated carbocycles. The van der Waals surface area contributed by atoms with Crippen molar-refractivity contribution in [3.8, 4) is 6.07 Å². The quantitative estimate of drug-likeness (QED) is 0.849. The Bertz CT molecular complexity index is 436. The lowest BCUT2D eigenvalue weighted by molar-refractivity contribution is -0.131. The van der Waals surface area contributed by atoms with Gasteiger partial charge in [-0.3, -0.25) is 4.79 Å². The minimum Gasteiger partial charge on any atom is -0.375 e. The maximum Gasteiger partial charge on any atom is 0.228 e. The van der Waals surface area contributed by atoms with Crippen LogP contribution in [0.2, 0.25) is 0 Å². The van der Waals surface area contributed by atoms with Crippen molar-refractivity contribution in [2.24, 2.45) is 5.92 Å². The second kappa shape index (κ2) is 6.97. The highest BCUT2D eigenvalue weighted by Crippen LogP contribution is 2.13. The predicted octanol–water partition coefficient (Wildman–Crippen LogP) is 1.67. The molecule has 0 fully saturated rings. The minimum atomic E-state index is 0.00394. The van der Waals surface area contributed by atoms with Crippen LogP contribution in [0.15, 0.2) is 5.38 Å². The topological polar surface area (TPSA) is 83.0 Å². The molecule has 98 valence electrons. The average Bonchev–Trinajstić information content (AvgIpc) is 2.69. The summed E-state index contributed by atoms with van der Waals surface area (Å²) in [5, 5.41) is 10.9. The lowest BCUT2D eigenvalue weighted by atomic mass is 10.2. The van der Waals surface area contributed by atoms with E-state index in [2.05, 4.69) is 11.1 Å². The molecular weight excluding hydrogens is 248 g/mol. The summed E-state index contributed by atoms with van der Waals surface area (Å²) < 4.78 is 0. The molecule has 0 bridgehead atoms. The first-order valence-electron chi connectivity index (χ1n) is 5.87. The summed E-state index contributed by atoms with van der Waals surface area (Å²) in [5.74, 6) is 0.386. The van der Waals surface area contributed by atoms with Gasteiger partial charge in [-0.1, -0.05) is 13.8 Å². The first-order chi connectivity index (χ1) is 8.52. The molecule has 1 aromatic heterocycles. The number of hydrogen-bond acceptors (Lipinski definition) is 5. The maximum absolute atomic E-state index is 12.1. The van der Waals surface area contributed by atoms with Crippen LogP contribution in [-0.2, 0) is 11.2 Å². The van der Waals surface area contributed by atoms with Crippen LogP contribution in [-0.4, -0.2) is 28.9 Å². The molecule has 1 heterocycles. The zero-order chi connectivity index (χ0) is 13.5. The number of rotatable bonds is 6. The third-order valence-corrected chi connectivity index (χ3v) is 3.06. The number of hydrogen-bond donors (Lipinski definition) is 1. The van der Waals surface area contributed by atoms with Crippen molar-refractivity contribution in [1.29, 1.82) is 5.26 Å². The maximum atomic E-state index is 12.1. The van der Waals surface area contributed by atoms with Crippen molar-refractivity contribution in [2.75, 3.05) is 18.8 Å². The summed E-state index contributed by atoms with van der Waals surface area (Å²) in [6.45, 7) is 5.24. The number of nitrogen functional groups attached to an aromatic ring is 1. The van der Waals surface area contributed by atoms with Gasteiger partial charge >= 0.3 is 0 Å². The second-order valence-electron chi connectivity index (χ2n) is 4.50. The van der Waals surface area contributed by atoms with Gasteiger partial charge in [-0.15, -0.1) is 11.3 Å². The van der Waals surface area contributed by atoms with Crippen molar-refractivity contribution in [2.45, 2.75) is 26.7 Å². The van der Waals surface area contributed by atoms with E-state index in [-0.39, 0.29) is 12.3 Å². The minimum absolute atomic E-state index is 0.00394. The molecule has 5 nitrogen and oxygen atoms in total. The van der Waals surface area contributed by atoms with Gasteiger partial charge in [0.25, 0.3) is 0 Å². The summed E-state index contributed by atoms with van der Waals surface area (Å²) in [6.07, 6.45) is 0.615. The molecule has 0 saturated heterocycles. The normalized spacial score (nSPS) is 10.3. The number of nitriles is 1. The molecule has 0 atom stereocenters. The third kappa shape index (κ3) is 4.72. The zero-order valence-electron chi connectivity index (χ0n) is 10.7. The van der Waals surface area contributed by atoms with Gasteiger partial charge < -0.3 is 10.6 Å². The Labute approximate surface area is 111 Å². The van der Waals surface area contributed by atoms with Crippen LogP contribution in [0, 0.1) is 17.2 Å². The Balaban J connectivity index is 2.60. The number of carbonyl (C=O) groups is 1. The van der Waals surface area contributed by atoms with Crippen molar-refractivity contribution < 1.29 is 4.79 Å². The van der Waals surface area contributed by atoms with E-state index < -0.39 is 0 Å². The van der Waals surface area contributed by atoms with Crippen molar-refractivity contribution in [3.05, 3.63) is 11.1 Å². The highest BCUT2D eigenvalue weighted by atomic mass is 32.1. The van der Waals surface area contributed by atoms with Crippen LogP contribution >= 0.6 is 11.3 Å². The van der Waals surface area contributed by atoms with E-state index in [0.717, 1.165) is 0 Å². The predicted molar refractivity (Wildman–Crippen MR) is 71.9 cm³/mol. The molecule has 1 amide bonds. The highest BCUT2D eigenvalue weighted by Gasteiger charge is 2.16. The van der Waals surface area contributed by atoms with E-state index in [9.17, 15) is 4.79 Å². The highest BCUT2D eigenvalue weighted by molar-refractivity contribution is 7.13. The molecule has 1 aromatic rings. The van der Waals surface area contributed by atoms with E-state index >= 15 is 0 Å². The molecule has 6 heteroatoms. The van der Waals surface area contributed by atoms with Gasteiger partial charge in [0.2, 0.25) is 5.91 Å². The molecule has 0 aliphatic carbocycles. The fourth-order valence-electron chi connectivity index (χ4n) is 1.61. The van der Waals surface area contributed by atoms with Crippen LogP contribution < -0.4 is 5.73 Å². The molecule has 2 N–H and O–H groups in total. The van der Waals surface area contributed by atoms with Crippen LogP contribution in [0.5, 0.6) is 0 Å². The first kappa shape index (κ1) is 14.5. The summed E-state index contributed by atoms with van der Waals surface area (Å²) in [7, 11) is 0. The zero-order valence-corrected chi connectivity index (χ0v) is 11.5. The Morgan fingerprint density at radius 3 is 2.89 bits per heavy atom. The summed E-state index contributed by atoms with van der Waals surface area (Å²) >= 11 is 1.33. The molecule has 0 spiro atoms. The Kier molecular flexibility index (Phi) is 5.59. The fourth-order valence-corrected chi connectivity index (χ4v) is 2.18. The number of aromatic nitrogens is 1. The van der Waals surface area contributed by atoms with Crippen LogP contribution in [0.1, 0.15) is 26.0 Å². The largest absolute Gasteiger partial charge is 0.375 e. The van der Waals surface area contributed by atoms with Gasteiger partial charge in [0.05, 0.1) is 24.6 Å². The average molecular weight is 266 g/mol. The second-order valence-corrected chi connectivity index (χ2v) is 5.39. The van der Waals surface area contributed by atoms with Crippen molar-refractivity contribution in [1.82, 2.24) is 9.88 Å². The van der Waals surface area contributed by atoms with Gasteiger partial charge in [0.15, 0.2) is 5.13 Å². The lowest BCUT2D eigenvalue weighted by Gasteiger charge is -2.23. The van der Waals surface area contributed by atoms with E-state index in [1.54, 1.807) is 10.3 Å². The Morgan fingerprint density at radius 1 is 1.67 bits per heavy atom. The van der Waals surface area contributed by atoms with Gasteiger partial charge in [-0.05, 0) is 5.92 Å². The number of amides is 1. The van der Waals surface area contributed by atoms with E-state index in [1.807, 2.05) is 13.8 Å². The van der Waals surface area contributed by atoms with E-state index in [0.29, 0.717) is 36.3 Å². The molecular formula is C12H18N4OS. The van der Waals surface area contributed by atoms with Gasteiger partial charge in [-0.2, -0.15) is 5.26 Å². The lowest BCUT2D eigenvalue weighted by Crippen LogP contribution is -2.36. The van der Waals surface area contributed by atoms with Gasteiger partial charge in [0, 0.05) is 18.5 Å². The van der Waals surface area contributed by atoms with Crippen molar-refractivity contribution >= 4 is 22.4 Å². The van der Waals surface area contributed by atoms with Crippen LogP contribution in [0.4, 0.5) is 5.13 Å². The number of thiazole rings is 1. The smallest absolute Gasteiger partial charge is 0.228 e. The Morgan fingerprint density at radius 2 is 2.39 bits per heavy atom. The number of nitrogens with zero attached hydrogens (tertiary/aromatic N) is 3. The summed E-state index contributed by atoms with van der Waals surface area (Å²) in [6, 6.07) is 2.07. The van der Waals surface area contributed by atoms with Crippen molar-refractivity contribution in [3.63, 3.8) is 0 Å². The van der Waals surface area contributed by atoms with Crippen LogP contribution in [0.25, 0.3) is 0 Å². The van der Waals surface area contributed by atoms with E-state index in [4.69, 9.17) is 11.0 Å². The third-order valence-electron chi connectivity index (χ3n) is 2.33. The molecule has 0 aliphatic heterocycles. The molecule has 0 unspecified atom stereocenters. The standard InChI is InChI=1S/C12H18N4OS/c1-9(2)7-16(5-3-4-13)11(17)6-10-8-18-12(14)15-10/h8-9H,3,5-7H2,1-2H3,(H2,14,15). The first-order valence-corrected chi connectivity index (χ1v) is 6.75. The molecule has 0 aliphatic rings. The molecule has 0 aromatic carbocycles. The van der Waals surface area contributed by atoms with E-state index in [1.165, 1.54) is 11.3 Å². The fraction of sp³-hybridized carbons (Fsp3) is 0.583. The molecule has 18 heavy (non-hydrogen) atoms. The number of nitrogens with two attached hydrogens (primary N) is 1. The van der Waals surface area contributed by atoms with Gasteiger partial charge in [-0.25, -0.2) is 4.98 Å². The summed E-state index contributed by atoms with van der Waals surface area (Å²) in [5.41, 5.74) is 6.23. The Hall–Kier alpha value is -1.61. The number of anilines is 1. The van der Waals surface area contributed by atoms with Crippen LogP contribution in [0.3, 0.4) is 0 Å². The molecule has 0 radical (unpaired) electrons. The molecule has 1 rings (SSSR count). The van der Waals surface area contributed by atoms with Gasteiger partial charge in [0.1, 0.15) is 0 Å². The SMILES string of the molecule is CC(C)CN(CCC#N)C(=O)Cc1csc(N)n1. The number of carbonyl (C=O) groups excluding carboxylic acids is 1. The monoisotopic (exact) mass is 266 g/mol.